The number of carbonyl (C=O) groups is 2. The smallest absolute Gasteiger partial charge is 0.270 e. The van der Waals surface area contributed by atoms with Crippen LogP contribution in [0.5, 0.6) is 0 Å². The highest BCUT2D eigenvalue weighted by Gasteiger charge is 2.21. The number of hydrogen-bond donors (Lipinski definition) is 2. The molecule has 0 spiro atoms. The van der Waals surface area contributed by atoms with Crippen molar-refractivity contribution >= 4 is 39.1 Å². The molecule has 0 aliphatic carbocycles. The van der Waals surface area contributed by atoms with Crippen LogP contribution in [0.25, 0.3) is 0 Å². The minimum Gasteiger partial charge on any atom is -0.328 e. The Morgan fingerprint density at radius 2 is 1.19 bits per heavy atom. The number of nitrogens with one attached hydrogen (secondary N) is 2. The van der Waals surface area contributed by atoms with Gasteiger partial charge in [-0.1, -0.05) is 40.2 Å². The first-order valence-corrected chi connectivity index (χ1v) is 9.90. The van der Waals surface area contributed by atoms with E-state index < -0.39 is 27.8 Å². The third kappa shape index (κ3) is 5.52. The summed E-state index contributed by atoms with van der Waals surface area (Å²) in [6.07, 6.45) is -1.01. The van der Waals surface area contributed by atoms with Gasteiger partial charge < -0.3 is 10.6 Å². The summed E-state index contributed by atoms with van der Waals surface area (Å²) in [4.78, 5) is 46.2. The van der Waals surface area contributed by atoms with Crippen molar-refractivity contribution in [3.8, 4) is 0 Å². The Kier molecular flexibility index (Phi) is 6.90. The maximum absolute atomic E-state index is 12.7. The molecule has 32 heavy (non-hydrogen) atoms. The van der Waals surface area contributed by atoms with E-state index >= 15 is 0 Å². The quantitative estimate of drug-likeness (QED) is 0.284. The Hall–Kier alpha value is -4.12. The molecule has 0 fully saturated rings. The van der Waals surface area contributed by atoms with Gasteiger partial charge in [0.05, 0.1) is 9.85 Å². The molecule has 0 saturated carbocycles. The molecule has 3 aromatic rings. The molecule has 0 aliphatic rings. The van der Waals surface area contributed by atoms with E-state index in [1.54, 1.807) is 24.3 Å². The van der Waals surface area contributed by atoms with Gasteiger partial charge in [0.15, 0.2) is 0 Å². The highest BCUT2D eigenvalue weighted by Crippen LogP contribution is 2.19. The van der Waals surface area contributed by atoms with Crippen LogP contribution in [0.4, 0.5) is 11.4 Å². The van der Waals surface area contributed by atoms with Crippen LogP contribution in [0.2, 0.25) is 0 Å². The summed E-state index contributed by atoms with van der Waals surface area (Å²) in [5.41, 5.74) is 0.0829. The fourth-order valence-corrected chi connectivity index (χ4v) is 3.07. The molecule has 0 heterocycles. The number of nitrogens with zero attached hydrogens (tertiary/aromatic N) is 2. The second kappa shape index (κ2) is 9.79. The van der Waals surface area contributed by atoms with Gasteiger partial charge in [-0.05, 0) is 29.8 Å². The fourth-order valence-electron chi connectivity index (χ4n) is 2.81. The van der Waals surface area contributed by atoms with Gasteiger partial charge in [0.25, 0.3) is 23.2 Å². The molecule has 0 radical (unpaired) electrons. The van der Waals surface area contributed by atoms with Crippen molar-refractivity contribution < 1.29 is 19.4 Å². The first-order chi connectivity index (χ1) is 15.2. The number of benzene rings is 3. The maximum atomic E-state index is 12.7. The lowest BCUT2D eigenvalue weighted by Gasteiger charge is -2.21. The number of non-ortho nitro benzene ring substituents is 2. The van der Waals surface area contributed by atoms with E-state index in [-0.39, 0.29) is 22.5 Å². The number of nitro groups is 2. The van der Waals surface area contributed by atoms with Crippen LogP contribution in [0.15, 0.2) is 77.3 Å². The summed E-state index contributed by atoms with van der Waals surface area (Å²) in [5, 5.41) is 27.2. The molecule has 0 unspecified atom stereocenters. The normalized spacial score (nSPS) is 10.4. The Balaban J connectivity index is 1.88. The molecule has 0 atom stereocenters. The molecule has 11 heteroatoms. The number of hydrogen-bond acceptors (Lipinski definition) is 6. The van der Waals surface area contributed by atoms with Crippen molar-refractivity contribution in [2.24, 2.45) is 0 Å². The zero-order valence-electron chi connectivity index (χ0n) is 16.2. The maximum Gasteiger partial charge on any atom is 0.270 e. The summed E-state index contributed by atoms with van der Waals surface area (Å²) in [5.74, 6) is -1.30. The second-order valence-electron chi connectivity index (χ2n) is 6.55. The fraction of sp³-hybridized carbons (Fsp3) is 0.0476. The number of nitro benzene ring substituents is 2. The van der Waals surface area contributed by atoms with Gasteiger partial charge in [-0.25, -0.2) is 0 Å². The lowest BCUT2D eigenvalue weighted by molar-refractivity contribution is -0.385. The Bertz CT molecular complexity index is 1130. The number of carbonyl (C=O) groups excluding carboxylic acids is 2. The van der Waals surface area contributed by atoms with Crippen LogP contribution >= 0.6 is 15.9 Å². The average Bonchev–Trinajstić information content (AvgIpc) is 2.79. The van der Waals surface area contributed by atoms with E-state index in [4.69, 9.17) is 0 Å². The number of halogens is 1. The van der Waals surface area contributed by atoms with Gasteiger partial charge >= 0.3 is 0 Å². The Morgan fingerprint density at radius 3 is 1.59 bits per heavy atom. The Morgan fingerprint density at radius 1 is 0.750 bits per heavy atom. The second-order valence-corrected chi connectivity index (χ2v) is 7.46. The van der Waals surface area contributed by atoms with Crippen molar-refractivity contribution in [3.63, 3.8) is 0 Å². The monoisotopic (exact) mass is 498 g/mol. The molecule has 0 aliphatic heterocycles. The molecule has 162 valence electrons. The van der Waals surface area contributed by atoms with Gasteiger partial charge in [0.2, 0.25) is 0 Å². The number of amides is 2. The molecule has 3 aromatic carbocycles. The highest BCUT2D eigenvalue weighted by molar-refractivity contribution is 9.10. The summed E-state index contributed by atoms with van der Waals surface area (Å²) in [6, 6.07) is 17.1. The van der Waals surface area contributed by atoms with Gasteiger partial charge in [0.1, 0.15) is 6.17 Å². The molecule has 0 aromatic heterocycles. The van der Waals surface area contributed by atoms with Crippen molar-refractivity contribution in [2.45, 2.75) is 6.17 Å². The Labute approximate surface area is 189 Å². The molecule has 10 nitrogen and oxygen atoms in total. The van der Waals surface area contributed by atoms with Crippen LogP contribution in [-0.2, 0) is 0 Å². The third-order valence-corrected chi connectivity index (χ3v) is 4.92. The lowest BCUT2D eigenvalue weighted by atomic mass is 10.1. The van der Waals surface area contributed by atoms with Crippen molar-refractivity contribution in [1.82, 2.24) is 10.6 Å². The SMILES string of the molecule is O=C(NC(NC(=O)c1cccc([N+](=O)[O-])c1)c1ccc(Br)cc1)c1cccc([N+](=O)[O-])c1. The van der Waals surface area contributed by atoms with E-state index in [0.717, 1.165) is 16.6 Å². The lowest BCUT2D eigenvalue weighted by Crippen LogP contribution is -2.41. The topological polar surface area (TPSA) is 144 Å². The molecular formula is C21H15BrN4O6. The largest absolute Gasteiger partial charge is 0.328 e. The van der Waals surface area contributed by atoms with Gasteiger partial charge in [-0.15, -0.1) is 0 Å². The molecular weight excluding hydrogens is 484 g/mol. The van der Waals surface area contributed by atoms with Crippen LogP contribution in [0, 0.1) is 20.2 Å². The highest BCUT2D eigenvalue weighted by atomic mass is 79.9. The molecule has 0 saturated heterocycles. The zero-order valence-corrected chi connectivity index (χ0v) is 17.8. The van der Waals surface area contributed by atoms with E-state index in [0.29, 0.717) is 5.56 Å². The van der Waals surface area contributed by atoms with E-state index in [9.17, 15) is 29.8 Å². The van der Waals surface area contributed by atoms with E-state index in [2.05, 4.69) is 26.6 Å². The van der Waals surface area contributed by atoms with Crippen LogP contribution < -0.4 is 10.6 Å². The summed E-state index contributed by atoms with van der Waals surface area (Å²) < 4.78 is 0.773. The third-order valence-electron chi connectivity index (χ3n) is 4.39. The summed E-state index contributed by atoms with van der Waals surface area (Å²) in [7, 11) is 0. The van der Waals surface area contributed by atoms with E-state index in [1.165, 1.54) is 36.4 Å². The summed E-state index contributed by atoms with van der Waals surface area (Å²) in [6.45, 7) is 0. The first kappa shape index (κ1) is 22.6. The standard InChI is InChI=1S/C21H15BrN4O6/c22-16-9-7-13(8-10-16)19(23-20(27)14-3-1-5-17(11-14)25(29)30)24-21(28)15-4-2-6-18(12-15)26(31)32/h1-12,19H,(H,23,27)(H,24,28). The van der Waals surface area contributed by atoms with Crippen LogP contribution in [0.3, 0.4) is 0 Å². The zero-order chi connectivity index (χ0) is 23.3. The first-order valence-electron chi connectivity index (χ1n) is 9.10. The molecule has 3 rings (SSSR count). The predicted octanol–water partition coefficient (Wildman–Crippen LogP) is 4.12. The minimum absolute atomic E-state index is 0.0332. The van der Waals surface area contributed by atoms with Crippen molar-refractivity contribution in [3.05, 3.63) is 114 Å². The van der Waals surface area contributed by atoms with Crippen LogP contribution in [-0.4, -0.2) is 21.7 Å². The number of rotatable bonds is 7. The molecule has 2 amide bonds. The van der Waals surface area contributed by atoms with Crippen molar-refractivity contribution in [2.75, 3.05) is 0 Å². The van der Waals surface area contributed by atoms with Crippen LogP contribution in [0.1, 0.15) is 32.4 Å². The predicted molar refractivity (Wildman–Crippen MR) is 118 cm³/mol. The van der Waals surface area contributed by atoms with Gasteiger partial charge in [0, 0.05) is 39.9 Å². The molecule has 0 bridgehead atoms. The molecule has 2 N–H and O–H groups in total. The summed E-state index contributed by atoms with van der Waals surface area (Å²) >= 11 is 3.31. The average molecular weight is 499 g/mol. The van der Waals surface area contributed by atoms with E-state index in [1.807, 2.05) is 0 Å². The van der Waals surface area contributed by atoms with Gasteiger partial charge in [-0.3, -0.25) is 29.8 Å². The van der Waals surface area contributed by atoms with Crippen molar-refractivity contribution in [1.29, 1.82) is 0 Å². The minimum atomic E-state index is -1.01. The van der Waals surface area contributed by atoms with Gasteiger partial charge in [-0.2, -0.15) is 0 Å².